The van der Waals surface area contributed by atoms with Gasteiger partial charge in [0.15, 0.2) is 0 Å². The van der Waals surface area contributed by atoms with Crippen molar-refractivity contribution in [3.63, 3.8) is 0 Å². The van der Waals surface area contributed by atoms with Crippen LogP contribution in [0.25, 0.3) is 11.1 Å². The van der Waals surface area contributed by atoms with Gasteiger partial charge in [-0.25, -0.2) is 8.78 Å². The summed E-state index contributed by atoms with van der Waals surface area (Å²) in [4.78, 5) is 14.4. The molecule has 0 aliphatic heterocycles. The molecule has 1 saturated carbocycles. The van der Waals surface area contributed by atoms with Gasteiger partial charge in [-0.1, -0.05) is 6.07 Å². The SMILES string of the molecule is O=Cc1cc(OCC2CC2(F)F)cc(-c2ccc(C(F)(F)F)nc2)c1. The van der Waals surface area contributed by atoms with Crippen molar-refractivity contribution >= 4 is 6.29 Å². The summed E-state index contributed by atoms with van der Waals surface area (Å²) in [6, 6.07) is 6.36. The molecule has 1 aliphatic carbocycles. The zero-order valence-corrected chi connectivity index (χ0v) is 12.7. The molecule has 0 spiro atoms. The van der Waals surface area contributed by atoms with Gasteiger partial charge in [0, 0.05) is 23.7 Å². The minimum absolute atomic E-state index is 0.194. The highest BCUT2D eigenvalue weighted by molar-refractivity contribution is 5.80. The van der Waals surface area contributed by atoms with Crippen LogP contribution in [0.1, 0.15) is 22.5 Å². The van der Waals surface area contributed by atoms with E-state index < -0.39 is 23.7 Å². The second kappa shape index (κ2) is 6.09. The van der Waals surface area contributed by atoms with Crippen LogP contribution in [0, 0.1) is 5.92 Å². The average Bonchev–Trinajstić information content (AvgIpc) is 3.19. The maximum Gasteiger partial charge on any atom is 0.433 e. The van der Waals surface area contributed by atoms with E-state index >= 15 is 0 Å². The molecule has 25 heavy (non-hydrogen) atoms. The van der Waals surface area contributed by atoms with E-state index in [1.54, 1.807) is 0 Å². The quantitative estimate of drug-likeness (QED) is 0.579. The van der Waals surface area contributed by atoms with Crippen molar-refractivity contribution in [2.24, 2.45) is 5.92 Å². The number of hydrogen-bond donors (Lipinski definition) is 0. The predicted molar refractivity (Wildman–Crippen MR) is 78.6 cm³/mol. The first-order valence-corrected chi connectivity index (χ1v) is 7.33. The van der Waals surface area contributed by atoms with Crippen molar-refractivity contribution in [3.05, 3.63) is 47.8 Å². The lowest BCUT2D eigenvalue weighted by molar-refractivity contribution is -0.141. The van der Waals surface area contributed by atoms with Crippen LogP contribution < -0.4 is 4.74 Å². The first kappa shape index (κ1) is 17.3. The lowest BCUT2D eigenvalue weighted by atomic mass is 10.0. The van der Waals surface area contributed by atoms with Gasteiger partial charge >= 0.3 is 6.18 Å². The third-order valence-corrected chi connectivity index (χ3v) is 3.86. The molecule has 1 aromatic heterocycles. The summed E-state index contributed by atoms with van der Waals surface area (Å²) in [5, 5.41) is 0. The number of halogens is 5. The van der Waals surface area contributed by atoms with Gasteiger partial charge in [-0.3, -0.25) is 9.78 Å². The Morgan fingerprint density at radius 1 is 1.20 bits per heavy atom. The third kappa shape index (κ3) is 3.94. The molecule has 3 rings (SSSR count). The van der Waals surface area contributed by atoms with Crippen molar-refractivity contribution in [1.82, 2.24) is 4.98 Å². The van der Waals surface area contributed by atoms with Crippen LogP contribution in [-0.2, 0) is 6.18 Å². The molecule has 1 unspecified atom stereocenters. The number of aldehydes is 1. The van der Waals surface area contributed by atoms with Gasteiger partial charge in [0.05, 0.1) is 12.5 Å². The van der Waals surface area contributed by atoms with E-state index in [0.29, 0.717) is 17.4 Å². The highest BCUT2D eigenvalue weighted by atomic mass is 19.4. The molecule has 1 aliphatic rings. The highest BCUT2D eigenvalue weighted by Gasteiger charge is 2.57. The van der Waals surface area contributed by atoms with Crippen molar-refractivity contribution in [1.29, 1.82) is 0 Å². The van der Waals surface area contributed by atoms with Crippen molar-refractivity contribution in [2.75, 3.05) is 6.61 Å². The molecule has 0 bridgehead atoms. The molecule has 0 radical (unpaired) electrons. The van der Waals surface area contributed by atoms with Gasteiger partial charge in [-0.05, 0) is 29.8 Å². The van der Waals surface area contributed by atoms with Gasteiger partial charge < -0.3 is 4.74 Å². The number of hydrogen-bond acceptors (Lipinski definition) is 3. The fraction of sp³-hybridized carbons (Fsp3) is 0.294. The Morgan fingerprint density at radius 3 is 2.44 bits per heavy atom. The van der Waals surface area contributed by atoms with Crippen molar-refractivity contribution in [2.45, 2.75) is 18.5 Å². The summed E-state index contributed by atoms with van der Waals surface area (Å²) in [6.07, 6.45) is -3.21. The Bertz CT molecular complexity index is 787. The van der Waals surface area contributed by atoms with E-state index in [4.69, 9.17) is 4.74 Å². The minimum Gasteiger partial charge on any atom is -0.493 e. The monoisotopic (exact) mass is 357 g/mol. The first-order chi connectivity index (χ1) is 11.7. The Morgan fingerprint density at radius 2 is 1.92 bits per heavy atom. The van der Waals surface area contributed by atoms with Crippen LogP contribution in [0.5, 0.6) is 5.75 Å². The summed E-state index contributed by atoms with van der Waals surface area (Å²) < 4.78 is 68.8. The van der Waals surface area contributed by atoms with E-state index in [2.05, 4.69) is 4.98 Å². The van der Waals surface area contributed by atoms with Gasteiger partial charge in [0.25, 0.3) is 5.92 Å². The van der Waals surface area contributed by atoms with E-state index in [1.165, 1.54) is 24.3 Å². The molecule has 132 valence electrons. The molecular formula is C17H12F5NO2. The maximum absolute atomic E-state index is 12.9. The summed E-state index contributed by atoms with van der Waals surface area (Å²) in [5.41, 5.74) is -0.0631. The van der Waals surface area contributed by atoms with Gasteiger partial charge in [-0.2, -0.15) is 13.2 Å². The number of aromatic nitrogens is 1. The molecule has 3 nitrogen and oxygen atoms in total. The summed E-state index contributed by atoms with van der Waals surface area (Å²) in [7, 11) is 0. The molecule has 0 amide bonds. The standard InChI is InChI=1S/C17H12F5NO2/c18-16(19)6-13(16)9-25-14-4-10(8-24)3-12(5-14)11-1-2-15(23-7-11)17(20,21)22/h1-5,7-8,13H,6,9H2. The van der Waals surface area contributed by atoms with Crippen LogP contribution in [0.15, 0.2) is 36.5 Å². The number of benzene rings is 1. The van der Waals surface area contributed by atoms with Crippen LogP contribution in [-0.4, -0.2) is 23.8 Å². The number of carbonyl (C=O) groups is 1. The number of nitrogens with zero attached hydrogens (tertiary/aromatic N) is 1. The van der Waals surface area contributed by atoms with Crippen molar-refractivity contribution < 1.29 is 31.5 Å². The first-order valence-electron chi connectivity index (χ1n) is 7.33. The summed E-state index contributed by atoms with van der Waals surface area (Å²) in [6.45, 7) is -0.194. The molecule has 8 heteroatoms. The topological polar surface area (TPSA) is 39.2 Å². The fourth-order valence-electron chi connectivity index (χ4n) is 2.32. The normalized spacial score (nSPS) is 18.7. The molecule has 0 saturated heterocycles. The molecular weight excluding hydrogens is 345 g/mol. The molecule has 0 N–H and O–H groups in total. The Hall–Kier alpha value is -2.51. The molecule has 1 atom stereocenters. The highest BCUT2D eigenvalue weighted by Crippen LogP contribution is 2.48. The smallest absolute Gasteiger partial charge is 0.433 e. The van der Waals surface area contributed by atoms with E-state index in [-0.39, 0.29) is 24.3 Å². The lowest BCUT2D eigenvalue weighted by Crippen LogP contribution is -2.07. The van der Waals surface area contributed by atoms with E-state index in [1.807, 2.05) is 0 Å². The summed E-state index contributed by atoms with van der Waals surface area (Å²) >= 11 is 0. The Balaban J connectivity index is 1.83. The lowest BCUT2D eigenvalue weighted by Gasteiger charge is -2.10. The maximum atomic E-state index is 12.9. The Kier molecular flexibility index (Phi) is 4.22. The fourth-order valence-corrected chi connectivity index (χ4v) is 2.32. The minimum atomic E-state index is -4.55. The molecule has 1 aromatic carbocycles. The van der Waals surface area contributed by atoms with Gasteiger partial charge in [0.1, 0.15) is 17.7 Å². The average molecular weight is 357 g/mol. The number of ether oxygens (including phenoxy) is 1. The number of carbonyl (C=O) groups excluding carboxylic acids is 1. The number of alkyl halides is 5. The van der Waals surface area contributed by atoms with Crippen LogP contribution in [0.4, 0.5) is 22.0 Å². The Labute approximate surface area is 139 Å². The van der Waals surface area contributed by atoms with Gasteiger partial charge in [0.2, 0.25) is 0 Å². The third-order valence-electron chi connectivity index (χ3n) is 3.86. The number of rotatable bonds is 5. The molecule has 2 aromatic rings. The second-order valence-electron chi connectivity index (χ2n) is 5.81. The second-order valence-corrected chi connectivity index (χ2v) is 5.81. The number of pyridine rings is 1. The van der Waals surface area contributed by atoms with Crippen LogP contribution in [0.3, 0.4) is 0 Å². The molecule has 1 heterocycles. The predicted octanol–water partition coefficient (Wildman–Crippen LogP) is 4.61. The van der Waals surface area contributed by atoms with Gasteiger partial charge in [-0.15, -0.1) is 0 Å². The van der Waals surface area contributed by atoms with E-state index in [0.717, 1.165) is 12.3 Å². The zero-order chi connectivity index (χ0) is 18.2. The van der Waals surface area contributed by atoms with Crippen molar-refractivity contribution in [3.8, 4) is 16.9 Å². The summed E-state index contributed by atoms with van der Waals surface area (Å²) in [5.74, 6) is -3.38. The van der Waals surface area contributed by atoms with E-state index in [9.17, 15) is 26.7 Å². The molecule has 1 fully saturated rings. The van der Waals surface area contributed by atoms with Crippen LogP contribution in [0.2, 0.25) is 0 Å². The van der Waals surface area contributed by atoms with Crippen LogP contribution >= 0.6 is 0 Å². The zero-order valence-electron chi connectivity index (χ0n) is 12.7. The largest absolute Gasteiger partial charge is 0.493 e.